The lowest BCUT2D eigenvalue weighted by atomic mass is 10.1. The number of aromatic hydroxyl groups is 1. The van der Waals surface area contributed by atoms with Crippen LogP contribution in [0.5, 0.6) is 5.75 Å². The van der Waals surface area contributed by atoms with Gasteiger partial charge >= 0.3 is 0 Å². The molecule has 0 aliphatic heterocycles. The number of rotatable bonds is 7. The maximum atomic E-state index is 11.7. The first-order valence-corrected chi connectivity index (χ1v) is 6.89. The number of hydrogen-bond donors (Lipinski definition) is 2. The van der Waals surface area contributed by atoms with Gasteiger partial charge in [-0.3, -0.25) is 9.59 Å². The Bertz CT molecular complexity index is 456. The Balaban J connectivity index is 2.32. The SMILES string of the molecule is CCN(CC)C(=O)CCNC(=O)Cc1cccc(O)c1. The van der Waals surface area contributed by atoms with Crippen molar-refractivity contribution in [1.29, 1.82) is 0 Å². The molecule has 110 valence electrons. The molecule has 0 aromatic heterocycles. The maximum Gasteiger partial charge on any atom is 0.224 e. The third kappa shape index (κ3) is 5.30. The van der Waals surface area contributed by atoms with E-state index in [-0.39, 0.29) is 24.0 Å². The van der Waals surface area contributed by atoms with Gasteiger partial charge in [0.2, 0.25) is 11.8 Å². The fraction of sp³-hybridized carbons (Fsp3) is 0.467. The van der Waals surface area contributed by atoms with Crippen LogP contribution in [0, 0.1) is 0 Å². The number of hydrogen-bond acceptors (Lipinski definition) is 3. The molecule has 20 heavy (non-hydrogen) atoms. The summed E-state index contributed by atoms with van der Waals surface area (Å²) in [5.41, 5.74) is 0.748. The minimum Gasteiger partial charge on any atom is -0.508 e. The molecule has 0 bridgehead atoms. The summed E-state index contributed by atoms with van der Waals surface area (Å²) in [6.07, 6.45) is 0.515. The van der Waals surface area contributed by atoms with Crippen molar-refractivity contribution in [3.8, 4) is 5.75 Å². The van der Waals surface area contributed by atoms with E-state index in [1.54, 1.807) is 29.2 Å². The molecule has 0 heterocycles. The first kappa shape index (κ1) is 16.0. The smallest absolute Gasteiger partial charge is 0.224 e. The van der Waals surface area contributed by atoms with Gasteiger partial charge in [-0.2, -0.15) is 0 Å². The van der Waals surface area contributed by atoms with E-state index in [4.69, 9.17) is 0 Å². The summed E-state index contributed by atoms with van der Waals surface area (Å²) >= 11 is 0. The first-order chi connectivity index (χ1) is 9.56. The topological polar surface area (TPSA) is 69.6 Å². The van der Waals surface area contributed by atoms with Crippen LogP contribution in [-0.4, -0.2) is 41.5 Å². The Labute approximate surface area is 119 Å². The van der Waals surface area contributed by atoms with Gasteiger partial charge in [-0.15, -0.1) is 0 Å². The van der Waals surface area contributed by atoms with Crippen LogP contribution in [0.4, 0.5) is 0 Å². The fourth-order valence-corrected chi connectivity index (χ4v) is 1.96. The second kappa shape index (κ2) is 8.19. The van der Waals surface area contributed by atoms with E-state index >= 15 is 0 Å². The number of carbonyl (C=O) groups excluding carboxylic acids is 2. The average Bonchev–Trinajstić information content (AvgIpc) is 2.40. The summed E-state index contributed by atoms with van der Waals surface area (Å²) in [6, 6.07) is 6.59. The number of nitrogens with one attached hydrogen (secondary N) is 1. The molecule has 1 rings (SSSR count). The summed E-state index contributed by atoms with van der Waals surface area (Å²) in [7, 11) is 0. The zero-order valence-corrected chi connectivity index (χ0v) is 12.1. The van der Waals surface area contributed by atoms with Gasteiger partial charge in [-0.25, -0.2) is 0 Å². The van der Waals surface area contributed by atoms with Crippen LogP contribution in [0.2, 0.25) is 0 Å². The van der Waals surface area contributed by atoms with Gasteiger partial charge in [0.1, 0.15) is 5.75 Å². The molecule has 0 fully saturated rings. The Morgan fingerprint density at radius 1 is 1.25 bits per heavy atom. The van der Waals surface area contributed by atoms with Crippen LogP contribution in [0.3, 0.4) is 0 Å². The van der Waals surface area contributed by atoms with Crippen molar-refractivity contribution in [2.75, 3.05) is 19.6 Å². The van der Waals surface area contributed by atoms with Gasteiger partial charge in [0.05, 0.1) is 6.42 Å². The lowest BCUT2D eigenvalue weighted by Gasteiger charge is -2.18. The van der Waals surface area contributed by atoms with Crippen LogP contribution in [0.1, 0.15) is 25.8 Å². The summed E-state index contributed by atoms with van der Waals surface area (Å²) in [5.74, 6) is 0.0441. The zero-order chi connectivity index (χ0) is 15.0. The molecule has 0 radical (unpaired) electrons. The highest BCUT2D eigenvalue weighted by Gasteiger charge is 2.10. The molecule has 0 unspecified atom stereocenters. The minimum atomic E-state index is -0.150. The molecule has 0 spiro atoms. The van der Waals surface area contributed by atoms with Crippen molar-refractivity contribution >= 4 is 11.8 Å². The molecule has 5 nitrogen and oxygen atoms in total. The Morgan fingerprint density at radius 2 is 1.95 bits per heavy atom. The number of amides is 2. The standard InChI is InChI=1S/C15H22N2O3/c1-3-17(4-2)15(20)8-9-16-14(19)11-12-6-5-7-13(18)10-12/h5-7,10,18H,3-4,8-9,11H2,1-2H3,(H,16,19). The summed E-state index contributed by atoms with van der Waals surface area (Å²) in [4.78, 5) is 25.2. The van der Waals surface area contributed by atoms with Crippen molar-refractivity contribution in [2.45, 2.75) is 26.7 Å². The Kier molecular flexibility index (Phi) is 6.56. The van der Waals surface area contributed by atoms with Crippen molar-refractivity contribution in [1.82, 2.24) is 10.2 Å². The second-order valence-electron chi connectivity index (χ2n) is 4.51. The van der Waals surface area contributed by atoms with Crippen molar-refractivity contribution in [3.05, 3.63) is 29.8 Å². The van der Waals surface area contributed by atoms with E-state index in [1.165, 1.54) is 0 Å². The molecule has 1 aromatic rings. The van der Waals surface area contributed by atoms with E-state index in [9.17, 15) is 14.7 Å². The molecular weight excluding hydrogens is 256 g/mol. The molecule has 0 saturated heterocycles. The summed E-state index contributed by atoms with van der Waals surface area (Å²) < 4.78 is 0. The van der Waals surface area contributed by atoms with Gasteiger partial charge in [-0.1, -0.05) is 12.1 Å². The van der Waals surface area contributed by atoms with E-state index in [0.29, 0.717) is 26.1 Å². The predicted octanol–water partition coefficient (Wildman–Crippen LogP) is 1.31. The first-order valence-electron chi connectivity index (χ1n) is 6.89. The quantitative estimate of drug-likeness (QED) is 0.790. The maximum absolute atomic E-state index is 11.7. The van der Waals surface area contributed by atoms with Crippen LogP contribution >= 0.6 is 0 Å². The zero-order valence-electron chi connectivity index (χ0n) is 12.1. The van der Waals surface area contributed by atoms with Crippen molar-refractivity contribution in [3.63, 3.8) is 0 Å². The molecule has 5 heteroatoms. The van der Waals surface area contributed by atoms with Gasteiger partial charge in [0, 0.05) is 26.1 Å². The number of phenols is 1. The molecular formula is C15H22N2O3. The van der Waals surface area contributed by atoms with Gasteiger partial charge in [-0.05, 0) is 31.5 Å². The van der Waals surface area contributed by atoms with Crippen LogP contribution in [0.25, 0.3) is 0 Å². The van der Waals surface area contributed by atoms with Crippen molar-refractivity contribution < 1.29 is 14.7 Å². The predicted molar refractivity (Wildman–Crippen MR) is 77.4 cm³/mol. The van der Waals surface area contributed by atoms with Gasteiger partial charge in [0.15, 0.2) is 0 Å². The molecule has 0 aliphatic rings. The normalized spacial score (nSPS) is 10.1. The summed E-state index contributed by atoms with van der Waals surface area (Å²) in [6.45, 7) is 5.58. The summed E-state index contributed by atoms with van der Waals surface area (Å²) in [5, 5.41) is 12.0. The molecule has 0 atom stereocenters. The third-order valence-electron chi connectivity index (χ3n) is 3.05. The van der Waals surface area contributed by atoms with Crippen LogP contribution in [0.15, 0.2) is 24.3 Å². The highest BCUT2D eigenvalue weighted by atomic mass is 16.3. The second-order valence-corrected chi connectivity index (χ2v) is 4.51. The lowest BCUT2D eigenvalue weighted by molar-refractivity contribution is -0.130. The molecule has 2 amide bonds. The monoisotopic (exact) mass is 278 g/mol. The molecule has 0 saturated carbocycles. The van der Waals surface area contributed by atoms with Crippen LogP contribution in [-0.2, 0) is 16.0 Å². The largest absolute Gasteiger partial charge is 0.508 e. The van der Waals surface area contributed by atoms with E-state index in [0.717, 1.165) is 5.56 Å². The Hall–Kier alpha value is -2.04. The number of nitrogens with zero attached hydrogens (tertiary/aromatic N) is 1. The third-order valence-corrected chi connectivity index (χ3v) is 3.05. The molecule has 2 N–H and O–H groups in total. The molecule has 0 aliphatic carbocycles. The number of benzene rings is 1. The van der Waals surface area contributed by atoms with E-state index in [2.05, 4.69) is 5.32 Å². The average molecular weight is 278 g/mol. The van der Waals surface area contributed by atoms with Gasteiger partial charge in [0.25, 0.3) is 0 Å². The molecule has 1 aromatic carbocycles. The fourth-order valence-electron chi connectivity index (χ4n) is 1.96. The van der Waals surface area contributed by atoms with Crippen molar-refractivity contribution in [2.24, 2.45) is 0 Å². The lowest BCUT2D eigenvalue weighted by Crippen LogP contribution is -2.34. The Morgan fingerprint density at radius 3 is 2.55 bits per heavy atom. The van der Waals surface area contributed by atoms with Gasteiger partial charge < -0.3 is 15.3 Å². The highest BCUT2D eigenvalue weighted by Crippen LogP contribution is 2.11. The van der Waals surface area contributed by atoms with E-state index in [1.807, 2.05) is 13.8 Å². The van der Waals surface area contributed by atoms with Crippen LogP contribution < -0.4 is 5.32 Å². The minimum absolute atomic E-state index is 0.0488. The van der Waals surface area contributed by atoms with E-state index < -0.39 is 0 Å². The number of carbonyl (C=O) groups is 2. The number of phenolic OH excluding ortho intramolecular Hbond substituents is 1. The highest BCUT2D eigenvalue weighted by molar-refractivity contribution is 5.80.